The van der Waals surface area contributed by atoms with Gasteiger partial charge in [-0.2, -0.15) is 0 Å². The number of amides is 2. The van der Waals surface area contributed by atoms with Crippen molar-refractivity contribution in [1.29, 1.82) is 0 Å². The number of nitrogens with zero attached hydrogens (tertiary/aromatic N) is 1. The molecule has 1 fully saturated rings. The van der Waals surface area contributed by atoms with Gasteiger partial charge in [-0.1, -0.05) is 31.2 Å². The summed E-state index contributed by atoms with van der Waals surface area (Å²) in [5.41, 5.74) is 2.76. The normalized spacial score (nSPS) is 26.4. The lowest BCUT2D eigenvalue weighted by molar-refractivity contribution is -0.141. The van der Waals surface area contributed by atoms with Crippen LogP contribution in [0, 0.1) is 11.8 Å². The average Bonchev–Trinajstić information content (AvgIpc) is 3.20. The van der Waals surface area contributed by atoms with E-state index >= 15 is 0 Å². The fourth-order valence-corrected chi connectivity index (χ4v) is 3.59. The van der Waals surface area contributed by atoms with Crippen LogP contribution in [0.15, 0.2) is 24.3 Å². The molecule has 4 unspecified atom stereocenters. The lowest BCUT2D eigenvalue weighted by Crippen LogP contribution is -2.42. The second-order valence-corrected chi connectivity index (χ2v) is 6.52. The van der Waals surface area contributed by atoms with Crippen LogP contribution in [-0.4, -0.2) is 41.6 Å². The van der Waals surface area contributed by atoms with Gasteiger partial charge in [-0.15, -0.1) is 0 Å². The molecule has 4 atom stereocenters. The first-order valence-corrected chi connectivity index (χ1v) is 7.81. The number of aliphatic carboxylic acids is 1. The summed E-state index contributed by atoms with van der Waals surface area (Å²) in [5, 5.41) is 12.0. The Morgan fingerprint density at radius 3 is 2.86 bits per heavy atom. The third-order valence-electron chi connectivity index (χ3n) is 4.94. The number of carboxylic acids is 1. The Morgan fingerprint density at radius 2 is 2.14 bits per heavy atom. The molecule has 5 nitrogen and oxygen atoms in total. The molecule has 5 heteroatoms. The molecule has 2 aliphatic carbocycles. The van der Waals surface area contributed by atoms with E-state index < -0.39 is 11.9 Å². The first kappa shape index (κ1) is 14.9. The average molecular weight is 302 g/mol. The van der Waals surface area contributed by atoms with Gasteiger partial charge < -0.3 is 15.3 Å². The standard InChI is InChI=1S/C17H22N2O3/c1-10(16(20)21)9-19(2)17(22)18-15-13-8-7-11-5-3-4-6-12(11)14(13)15/h3-6,10,13-15H,7-9H2,1-2H3,(H,18,22)(H,20,21). The molecule has 118 valence electrons. The number of carboxylic acid groups (broad SMARTS) is 1. The highest BCUT2D eigenvalue weighted by Gasteiger charge is 2.54. The second-order valence-electron chi connectivity index (χ2n) is 6.52. The molecule has 1 saturated carbocycles. The predicted molar refractivity (Wildman–Crippen MR) is 82.7 cm³/mol. The smallest absolute Gasteiger partial charge is 0.317 e. The third kappa shape index (κ3) is 2.67. The Labute approximate surface area is 130 Å². The first-order chi connectivity index (χ1) is 10.5. The van der Waals surface area contributed by atoms with Crippen molar-refractivity contribution in [2.24, 2.45) is 11.8 Å². The highest BCUT2D eigenvalue weighted by atomic mass is 16.4. The molecule has 2 N–H and O–H groups in total. The van der Waals surface area contributed by atoms with Gasteiger partial charge in [0.2, 0.25) is 0 Å². The van der Waals surface area contributed by atoms with Crippen molar-refractivity contribution in [2.45, 2.75) is 31.7 Å². The number of carbonyl (C=O) groups is 2. The number of benzene rings is 1. The van der Waals surface area contributed by atoms with E-state index in [1.165, 1.54) is 16.0 Å². The number of rotatable bonds is 4. The summed E-state index contributed by atoms with van der Waals surface area (Å²) in [6.07, 6.45) is 2.19. The van der Waals surface area contributed by atoms with Gasteiger partial charge in [0.05, 0.1) is 5.92 Å². The van der Waals surface area contributed by atoms with Crippen LogP contribution in [0.5, 0.6) is 0 Å². The Kier molecular flexibility index (Phi) is 3.81. The zero-order chi connectivity index (χ0) is 15.9. The quantitative estimate of drug-likeness (QED) is 0.894. The maximum absolute atomic E-state index is 12.2. The van der Waals surface area contributed by atoms with Gasteiger partial charge in [0.15, 0.2) is 0 Å². The zero-order valence-corrected chi connectivity index (χ0v) is 13.0. The molecule has 0 aromatic heterocycles. The Hall–Kier alpha value is -2.04. The molecule has 22 heavy (non-hydrogen) atoms. The van der Waals surface area contributed by atoms with Crippen molar-refractivity contribution < 1.29 is 14.7 Å². The van der Waals surface area contributed by atoms with Crippen molar-refractivity contribution >= 4 is 12.0 Å². The Balaban J connectivity index is 1.59. The summed E-state index contributed by atoms with van der Waals surface area (Å²) in [7, 11) is 1.65. The predicted octanol–water partition coefficient (Wildman–Crippen LogP) is 2.08. The molecule has 1 aromatic rings. The van der Waals surface area contributed by atoms with Crippen LogP contribution in [0.4, 0.5) is 4.79 Å². The molecule has 2 amide bonds. The number of aryl methyl sites for hydroxylation is 1. The van der Waals surface area contributed by atoms with E-state index in [9.17, 15) is 9.59 Å². The number of nitrogens with one attached hydrogen (secondary N) is 1. The fraction of sp³-hybridized carbons (Fsp3) is 0.529. The van der Waals surface area contributed by atoms with E-state index in [1.54, 1.807) is 14.0 Å². The lowest BCUT2D eigenvalue weighted by atomic mass is 9.92. The minimum absolute atomic E-state index is 0.176. The summed E-state index contributed by atoms with van der Waals surface area (Å²) >= 11 is 0. The van der Waals surface area contributed by atoms with E-state index in [2.05, 4.69) is 29.6 Å². The van der Waals surface area contributed by atoms with Gasteiger partial charge in [-0.3, -0.25) is 4.79 Å². The Morgan fingerprint density at radius 1 is 1.41 bits per heavy atom. The molecule has 0 bridgehead atoms. The van der Waals surface area contributed by atoms with Crippen LogP contribution in [0.25, 0.3) is 0 Å². The highest BCUT2D eigenvalue weighted by Crippen LogP contribution is 2.54. The number of hydrogen-bond donors (Lipinski definition) is 2. The maximum Gasteiger partial charge on any atom is 0.317 e. The van der Waals surface area contributed by atoms with Gasteiger partial charge in [-0.25, -0.2) is 4.79 Å². The van der Waals surface area contributed by atoms with Crippen LogP contribution >= 0.6 is 0 Å². The van der Waals surface area contributed by atoms with E-state index in [0.717, 1.165) is 12.8 Å². The Bertz CT molecular complexity index is 601. The topological polar surface area (TPSA) is 69.6 Å². The van der Waals surface area contributed by atoms with Crippen LogP contribution < -0.4 is 5.32 Å². The molecule has 0 spiro atoms. The molecule has 2 aliphatic rings. The van der Waals surface area contributed by atoms with Gasteiger partial charge >= 0.3 is 12.0 Å². The van der Waals surface area contributed by atoms with Crippen molar-refractivity contribution in [3.05, 3.63) is 35.4 Å². The third-order valence-corrected chi connectivity index (χ3v) is 4.94. The van der Waals surface area contributed by atoms with Crippen molar-refractivity contribution in [1.82, 2.24) is 10.2 Å². The number of carbonyl (C=O) groups excluding carboxylic acids is 1. The number of urea groups is 1. The monoisotopic (exact) mass is 302 g/mol. The van der Waals surface area contributed by atoms with Gasteiger partial charge in [0.25, 0.3) is 0 Å². The van der Waals surface area contributed by atoms with E-state index in [1.807, 2.05) is 0 Å². The van der Waals surface area contributed by atoms with Crippen LogP contribution in [0.1, 0.15) is 30.4 Å². The molecule has 3 rings (SSSR count). The first-order valence-electron chi connectivity index (χ1n) is 7.81. The largest absolute Gasteiger partial charge is 0.481 e. The molecule has 0 radical (unpaired) electrons. The summed E-state index contributed by atoms with van der Waals surface area (Å²) < 4.78 is 0. The van der Waals surface area contributed by atoms with E-state index in [0.29, 0.717) is 11.8 Å². The summed E-state index contributed by atoms with van der Waals surface area (Å²) in [6.45, 7) is 1.83. The molecule has 0 aliphatic heterocycles. The van der Waals surface area contributed by atoms with Crippen molar-refractivity contribution in [3.8, 4) is 0 Å². The number of fused-ring (bicyclic) bond motifs is 3. The molecule has 0 saturated heterocycles. The lowest BCUT2D eigenvalue weighted by Gasteiger charge is -2.20. The highest BCUT2D eigenvalue weighted by molar-refractivity contribution is 5.76. The fourth-order valence-electron chi connectivity index (χ4n) is 3.59. The summed E-state index contributed by atoms with van der Waals surface area (Å²) in [5.74, 6) is -0.477. The maximum atomic E-state index is 12.2. The SMILES string of the molecule is CC(CN(C)C(=O)NC1C2CCc3ccccc3C21)C(=O)O. The van der Waals surface area contributed by atoms with Crippen LogP contribution in [0.3, 0.4) is 0 Å². The van der Waals surface area contributed by atoms with Crippen LogP contribution in [-0.2, 0) is 11.2 Å². The van der Waals surface area contributed by atoms with Crippen molar-refractivity contribution in [2.75, 3.05) is 13.6 Å². The molecular weight excluding hydrogens is 280 g/mol. The van der Waals surface area contributed by atoms with E-state index in [-0.39, 0.29) is 18.6 Å². The summed E-state index contributed by atoms with van der Waals surface area (Å²) in [4.78, 5) is 24.6. The molecule has 0 heterocycles. The minimum Gasteiger partial charge on any atom is -0.481 e. The second kappa shape index (κ2) is 5.63. The molecule has 1 aromatic carbocycles. The van der Waals surface area contributed by atoms with Gasteiger partial charge in [-0.05, 0) is 29.9 Å². The van der Waals surface area contributed by atoms with Crippen LogP contribution in [0.2, 0.25) is 0 Å². The molecular formula is C17H22N2O3. The van der Waals surface area contributed by atoms with Gasteiger partial charge in [0, 0.05) is 25.6 Å². The number of hydrogen-bond acceptors (Lipinski definition) is 2. The van der Waals surface area contributed by atoms with Gasteiger partial charge in [0.1, 0.15) is 0 Å². The zero-order valence-electron chi connectivity index (χ0n) is 13.0. The van der Waals surface area contributed by atoms with Crippen molar-refractivity contribution in [3.63, 3.8) is 0 Å². The summed E-state index contributed by atoms with van der Waals surface area (Å²) in [6, 6.07) is 8.47. The minimum atomic E-state index is -0.881. The van der Waals surface area contributed by atoms with E-state index in [4.69, 9.17) is 5.11 Å².